The van der Waals surface area contributed by atoms with E-state index in [4.69, 9.17) is 0 Å². The number of nitrogens with one attached hydrogen (secondary N) is 2. The number of carbonyl (C=O) groups excluding carboxylic acids is 1. The molecule has 2 rings (SSSR count). The van der Waals surface area contributed by atoms with E-state index in [9.17, 15) is 9.59 Å². The monoisotopic (exact) mass is 220 g/mol. The lowest BCUT2D eigenvalue weighted by molar-refractivity contribution is 0.0948. The van der Waals surface area contributed by atoms with Crippen LogP contribution in [0.5, 0.6) is 0 Å². The second kappa shape index (κ2) is 4.51. The van der Waals surface area contributed by atoms with E-state index in [1.54, 1.807) is 6.07 Å². The molecule has 0 bridgehead atoms. The van der Waals surface area contributed by atoms with Gasteiger partial charge in [-0.1, -0.05) is 13.3 Å². The average Bonchev–Trinajstić information content (AvgIpc) is 2.97. The van der Waals surface area contributed by atoms with Gasteiger partial charge in [-0.05, 0) is 24.8 Å². The Morgan fingerprint density at radius 2 is 2.44 bits per heavy atom. The van der Waals surface area contributed by atoms with Gasteiger partial charge in [-0.15, -0.1) is 0 Å². The van der Waals surface area contributed by atoms with E-state index in [1.807, 2.05) is 0 Å². The van der Waals surface area contributed by atoms with Crippen molar-refractivity contribution in [2.24, 2.45) is 5.92 Å². The molecule has 1 aromatic heterocycles. The zero-order chi connectivity index (χ0) is 11.5. The number of rotatable bonds is 4. The van der Waals surface area contributed by atoms with Gasteiger partial charge in [-0.2, -0.15) is 0 Å². The third-order valence-corrected chi connectivity index (χ3v) is 2.94. The lowest BCUT2D eigenvalue weighted by Gasteiger charge is -2.03. The van der Waals surface area contributed by atoms with Gasteiger partial charge in [0.25, 0.3) is 5.91 Å². The van der Waals surface area contributed by atoms with Crippen LogP contribution in [0.25, 0.3) is 0 Å². The molecule has 0 radical (unpaired) electrons. The Labute approximate surface area is 94.1 Å². The smallest absolute Gasteiger partial charge is 0.251 e. The summed E-state index contributed by atoms with van der Waals surface area (Å²) in [4.78, 5) is 25.2. The standard InChI is InChI=1S/C12H16N2O2/c1-2-3-8-6-10(8)14-12(16)9-4-5-13-11(15)7-9/h4-5,7-8,10H,2-3,6H2,1H3,(H,13,15)(H,14,16). The van der Waals surface area contributed by atoms with Crippen molar-refractivity contribution in [3.8, 4) is 0 Å². The molecule has 1 aromatic rings. The van der Waals surface area contributed by atoms with E-state index in [-0.39, 0.29) is 11.5 Å². The normalized spacial score (nSPS) is 22.8. The maximum atomic E-state index is 11.7. The van der Waals surface area contributed by atoms with Crippen molar-refractivity contribution >= 4 is 5.91 Å². The minimum atomic E-state index is -0.242. The zero-order valence-electron chi connectivity index (χ0n) is 9.32. The summed E-state index contributed by atoms with van der Waals surface area (Å²) < 4.78 is 0. The van der Waals surface area contributed by atoms with Crippen molar-refractivity contribution in [2.45, 2.75) is 32.2 Å². The topological polar surface area (TPSA) is 62.0 Å². The van der Waals surface area contributed by atoms with Crippen LogP contribution in [0.2, 0.25) is 0 Å². The van der Waals surface area contributed by atoms with Crippen LogP contribution in [-0.2, 0) is 0 Å². The van der Waals surface area contributed by atoms with Crippen LogP contribution in [0.15, 0.2) is 23.1 Å². The van der Waals surface area contributed by atoms with Crippen LogP contribution < -0.4 is 10.9 Å². The number of hydrogen-bond acceptors (Lipinski definition) is 2. The Balaban J connectivity index is 1.92. The molecule has 1 saturated carbocycles. The Morgan fingerprint density at radius 1 is 1.62 bits per heavy atom. The van der Waals surface area contributed by atoms with Gasteiger partial charge in [0.1, 0.15) is 0 Å². The lowest BCUT2D eigenvalue weighted by atomic mass is 10.2. The van der Waals surface area contributed by atoms with Gasteiger partial charge in [0.2, 0.25) is 5.56 Å². The molecule has 4 nitrogen and oxygen atoms in total. The highest BCUT2D eigenvalue weighted by atomic mass is 16.2. The maximum Gasteiger partial charge on any atom is 0.251 e. The molecule has 2 atom stereocenters. The van der Waals surface area contributed by atoms with Gasteiger partial charge >= 0.3 is 0 Å². The molecule has 1 amide bonds. The molecule has 1 heterocycles. The fourth-order valence-corrected chi connectivity index (χ4v) is 1.95. The van der Waals surface area contributed by atoms with Gasteiger partial charge in [0.15, 0.2) is 0 Å². The summed E-state index contributed by atoms with van der Waals surface area (Å²) in [6, 6.07) is 3.26. The highest BCUT2D eigenvalue weighted by Crippen LogP contribution is 2.34. The van der Waals surface area contributed by atoms with Crippen LogP contribution in [0.4, 0.5) is 0 Å². The Bertz CT molecular complexity index is 439. The fraction of sp³-hybridized carbons (Fsp3) is 0.500. The van der Waals surface area contributed by atoms with E-state index >= 15 is 0 Å². The van der Waals surface area contributed by atoms with Gasteiger partial charge in [-0.3, -0.25) is 9.59 Å². The average molecular weight is 220 g/mol. The predicted molar refractivity (Wildman–Crippen MR) is 61.3 cm³/mol. The molecule has 16 heavy (non-hydrogen) atoms. The van der Waals surface area contributed by atoms with E-state index in [0.717, 1.165) is 12.8 Å². The highest BCUT2D eigenvalue weighted by molar-refractivity contribution is 5.94. The number of H-pyrrole nitrogens is 1. The highest BCUT2D eigenvalue weighted by Gasteiger charge is 2.37. The van der Waals surface area contributed by atoms with Crippen LogP contribution in [0, 0.1) is 5.92 Å². The fourth-order valence-electron chi connectivity index (χ4n) is 1.95. The summed E-state index contributed by atoms with van der Waals surface area (Å²) in [5.41, 5.74) is 0.194. The van der Waals surface area contributed by atoms with Gasteiger partial charge < -0.3 is 10.3 Å². The molecule has 0 aromatic carbocycles. The van der Waals surface area contributed by atoms with Crippen molar-refractivity contribution in [3.63, 3.8) is 0 Å². The van der Waals surface area contributed by atoms with E-state index in [0.29, 0.717) is 17.5 Å². The van der Waals surface area contributed by atoms with Crippen LogP contribution in [0.1, 0.15) is 36.5 Å². The first kappa shape index (κ1) is 10.9. The number of aromatic amines is 1. The number of pyridine rings is 1. The van der Waals surface area contributed by atoms with Crippen molar-refractivity contribution < 1.29 is 4.79 Å². The number of amides is 1. The Hall–Kier alpha value is -1.58. The Morgan fingerprint density at radius 3 is 3.12 bits per heavy atom. The molecule has 1 aliphatic rings. The van der Waals surface area contributed by atoms with E-state index in [2.05, 4.69) is 17.2 Å². The molecule has 2 unspecified atom stereocenters. The molecular weight excluding hydrogens is 204 g/mol. The minimum Gasteiger partial charge on any atom is -0.349 e. The van der Waals surface area contributed by atoms with Crippen LogP contribution >= 0.6 is 0 Å². The Kier molecular flexibility index (Phi) is 3.08. The van der Waals surface area contributed by atoms with Gasteiger partial charge in [0, 0.05) is 23.9 Å². The summed E-state index contributed by atoms with van der Waals surface area (Å²) in [6.07, 6.45) is 4.89. The lowest BCUT2D eigenvalue weighted by Crippen LogP contribution is -2.27. The summed E-state index contributed by atoms with van der Waals surface area (Å²) in [5.74, 6) is 0.491. The van der Waals surface area contributed by atoms with Crippen LogP contribution in [0.3, 0.4) is 0 Å². The molecular formula is C12H16N2O2. The van der Waals surface area contributed by atoms with Crippen molar-refractivity contribution in [3.05, 3.63) is 34.2 Å². The molecule has 0 aliphatic heterocycles. The molecule has 0 spiro atoms. The second-order valence-corrected chi connectivity index (χ2v) is 4.31. The zero-order valence-corrected chi connectivity index (χ0v) is 9.32. The third-order valence-electron chi connectivity index (χ3n) is 2.94. The SMILES string of the molecule is CCCC1CC1NC(=O)c1cc[nH]c(=O)c1. The minimum absolute atomic E-state index is 0.144. The molecule has 1 fully saturated rings. The quantitative estimate of drug-likeness (QED) is 0.803. The summed E-state index contributed by atoms with van der Waals surface area (Å²) in [6.45, 7) is 2.15. The second-order valence-electron chi connectivity index (χ2n) is 4.31. The molecule has 2 N–H and O–H groups in total. The maximum absolute atomic E-state index is 11.7. The van der Waals surface area contributed by atoms with Crippen molar-refractivity contribution in [1.29, 1.82) is 0 Å². The summed E-state index contributed by atoms with van der Waals surface area (Å²) in [7, 11) is 0. The predicted octanol–water partition coefficient (Wildman–Crippen LogP) is 1.29. The molecule has 1 aliphatic carbocycles. The largest absolute Gasteiger partial charge is 0.349 e. The first-order valence-corrected chi connectivity index (χ1v) is 5.70. The first-order valence-electron chi connectivity index (χ1n) is 5.70. The molecule has 4 heteroatoms. The van der Waals surface area contributed by atoms with Crippen molar-refractivity contribution in [1.82, 2.24) is 10.3 Å². The van der Waals surface area contributed by atoms with Crippen molar-refractivity contribution in [2.75, 3.05) is 0 Å². The number of aromatic nitrogens is 1. The number of carbonyl (C=O) groups is 1. The van der Waals surface area contributed by atoms with E-state index in [1.165, 1.54) is 18.7 Å². The molecule has 86 valence electrons. The van der Waals surface area contributed by atoms with Gasteiger partial charge in [0.05, 0.1) is 0 Å². The number of hydrogen-bond donors (Lipinski definition) is 2. The third kappa shape index (κ3) is 2.51. The molecule has 0 saturated heterocycles. The van der Waals surface area contributed by atoms with Crippen LogP contribution in [-0.4, -0.2) is 16.9 Å². The summed E-state index contributed by atoms with van der Waals surface area (Å²) in [5, 5.41) is 2.94. The first-order chi connectivity index (χ1) is 7.70. The van der Waals surface area contributed by atoms with E-state index < -0.39 is 0 Å². The van der Waals surface area contributed by atoms with Gasteiger partial charge in [-0.25, -0.2) is 0 Å². The summed E-state index contributed by atoms with van der Waals surface area (Å²) >= 11 is 0.